The largest absolute Gasteiger partial charge is 0.388 e. The van der Waals surface area contributed by atoms with Gasteiger partial charge in [0.2, 0.25) is 0 Å². The molecule has 1 atom stereocenters. The number of pyridine rings is 1. The predicted molar refractivity (Wildman–Crippen MR) is 71.2 cm³/mol. The smallest absolute Gasteiger partial charge is 0.280 e. The molecule has 6 nitrogen and oxygen atoms in total. The molecule has 0 fully saturated rings. The van der Waals surface area contributed by atoms with Gasteiger partial charge >= 0.3 is 0 Å². The second kappa shape index (κ2) is 6.03. The highest BCUT2D eigenvalue weighted by Gasteiger charge is 2.22. The molecule has 1 heterocycles. The Morgan fingerprint density at radius 3 is 2.55 bits per heavy atom. The Kier molecular flexibility index (Phi) is 4.17. The van der Waals surface area contributed by atoms with Gasteiger partial charge in [0.1, 0.15) is 0 Å². The molecule has 6 heteroatoms. The van der Waals surface area contributed by atoms with Crippen LogP contribution < -0.4 is 0 Å². The summed E-state index contributed by atoms with van der Waals surface area (Å²) in [5, 5.41) is 20.8. The number of rotatable bonds is 5. The molecule has 0 saturated carbocycles. The Morgan fingerprint density at radius 2 is 1.90 bits per heavy atom. The molecule has 102 valence electrons. The molecule has 1 aromatic heterocycles. The van der Waals surface area contributed by atoms with Crippen molar-refractivity contribution in [1.29, 1.82) is 0 Å². The average molecular weight is 272 g/mol. The van der Waals surface area contributed by atoms with E-state index in [2.05, 4.69) is 4.98 Å². The molecule has 2 aromatic rings. The van der Waals surface area contributed by atoms with Crippen LogP contribution in [0.1, 0.15) is 28.4 Å². The lowest BCUT2D eigenvalue weighted by atomic mass is 10.00. The Morgan fingerprint density at radius 1 is 1.25 bits per heavy atom. The average Bonchev–Trinajstić information content (AvgIpc) is 2.48. The quantitative estimate of drug-likeness (QED) is 0.512. The van der Waals surface area contributed by atoms with Gasteiger partial charge in [-0.15, -0.1) is 0 Å². The van der Waals surface area contributed by atoms with Crippen LogP contribution in [0.3, 0.4) is 0 Å². The summed E-state index contributed by atoms with van der Waals surface area (Å²) in [5.41, 5.74) is 0.303. The van der Waals surface area contributed by atoms with E-state index in [1.807, 2.05) is 0 Å². The Balaban J connectivity index is 2.19. The van der Waals surface area contributed by atoms with E-state index in [1.165, 1.54) is 30.6 Å². The van der Waals surface area contributed by atoms with Crippen molar-refractivity contribution in [3.05, 3.63) is 70.0 Å². The van der Waals surface area contributed by atoms with E-state index in [-0.39, 0.29) is 17.7 Å². The van der Waals surface area contributed by atoms with Crippen molar-refractivity contribution in [3.63, 3.8) is 0 Å². The molecule has 0 bridgehead atoms. The topological polar surface area (TPSA) is 93.3 Å². The number of para-hydroxylation sites is 1. The number of aromatic nitrogens is 1. The fourth-order valence-corrected chi connectivity index (χ4v) is 1.86. The zero-order valence-electron chi connectivity index (χ0n) is 10.5. The summed E-state index contributed by atoms with van der Waals surface area (Å²) >= 11 is 0. The first-order valence-electron chi connectivity index (χ1n) is 5.94. The van der Waals surface area contributed by atoms with Crippen molar-refractivity contribution in [2.24, 2.45) is 0 Å². The van der Waals surface area contributed by atoms with Crippen LogP contribution in [0.25, 0.3) is 0 Å². The highest BCUT2D eigenvalue weighted by atomic mass is 16.6. The standard InChI is InChI=1S/C14H12N2O4/c17-13(10-5-7-15-8-6-10)9-14(18)11-3-1-2-4-12(11)16(19)20/h1-8,13,17H,9H2. The number of nitro benzene ring substituents is 1. The van der Waals surface area contributed by atoms with E-state index in [9.17, 15) is 20.0 Å². The van der Waals surface area contributed by atoms with Gasteiger partial charge in [-0.25, -0.2) is 0 Å². The first kappa shape index (κ1) is 13.8. The third kappa shape index (κ3) is 3.04. The lowest BCUT2D eigenvalue weighted by molar-refractivity contribution is -0.385. The van der Waals surface area contributed by atoms with Crippen molar-refractivity contribution in [3.8, 4) is 0 Å². The summed E-state index contributed by atoms with van der Waals surface area (Å²) < 4.78 is 0. The molecule has 2 rings (SSSR count). The SMILES string of the molecule is O=C(CC(O)c1ccncc1)c1ccccc1[N+](=O)[O-]. The molecule has 0 radical (unpaired) electrons. The van der Waals surface area contributed by atoms with Gasteiger partial charge in [0.05, 0.1) is 16.6 Å². The van der Waals surface area contributed by atoms with Gasteiger partial charge in [-0.3, -0.25) is 19.9 Å². The number of aliphatic hydroxyl groups is 1. The van der Waals surface area contributed by atoms with Gasteiger partial charge in [-0.2, -0.15) is 0 Å². The monoisotopic (exact) mass is 272 g/mol. The molecular weight excluding hydrogens is 260 g/mol. The fourth-order valence-electron chi connectivity index (χ4n) is 1.86. The van der Waals surface area contributed by atoms with Crippen LogP contribution in [-0.2, 0) is 0 Å². The number of hydrogen-bond donors (Lipinski definition) is 1. The van der Waals surface area contributed by atoms with Gasteiger partial charge < -0.3 is 5.11 Å². The maximum Gasteiger partial charge on any atom is 0.280 e. The van der Waals surface area contributed by atoms with Crippen LogP contribution in [0.15, 0.2) is 48.8 Å². The molecule has 20 heavy (non-hydrogen) atoms. The summed E-state index contributed by atoms with van der Waals surface area (Å²) in [4.78, 5) is 26.2. The van der Waals surface area contributed by atoms with Crippen LogP contribution in [0.4, 0.5) is 5.69 Å². The van der Waals surface area contributed by atoms with Gasteiger partial charge in [0.25, 0.3) is 5.69 Å². The van der Waals surface area contributed by atoms with Crippen LogP contribution in [0, 0.1) is 10.1 Å². The number of benzene rings is 1. The molecule has 0 aliphatic heterocycles. The summed E-state index contributed by atoms with van der Waals surface area (Å²) in [6, 6.07) is 8.90. The minimum atomic E-state index is -1.01. The van der Waals surface area contributed by atoms with Crippen molar-refractivity contribution in [2.75, 3.05) is 0 Å². The molecule has 0 amide bonds. The minimum Gasteiger partial charge on any atom is -0.388 e. The molecule has 0 spiro atoms. The van der Waals surface area contributed by atoms with Crippen molar-refractivity contribution >= 4 is 11.5 Å². The number of nitrogens with zero attached hydrogens (tertiary/aromatic N) is 2. The van der Waals surface area contributed by atoms with Crippen LogP contribution in [0.2, 0.25) is 0 Å². The highest BCUT2D eigenvalue weighted by Crippen LogP contribution is 2.23. The molecule has 1 N–H and O–H groups in total. The Labute approximate surface area is 114 Å². The number of carbonyl (C=O) groups excluding carboxylic acids is 1. The van der Waals surface area contributed by atoms with E-state index in [0.717, 1.165) is 0 Å². The normalized spacial score (nSPS) is 11.8. The van der Waals surface area contributed by atoms with E-state index in [0.29, 0.717) is 5.56 Å². The molecule has 1 unspecified atom stereocenters. The fraction of sp³-hybridized carbons (Fsp3) is 0.143. The van der Waals surface area contributed by atoms with Crippen LogP contribution in [-0.4, -0.2) is 20.8 Å². The van der Waals surface area contributed by atoms with Gasteiger partial charge in [-0.05, 0) is 23.8 Å². The highest BCUT2D eigenvalue weighted by molar-refractivity contribution is 6.00. The molecule has 0 saturated heterocycles. The maximum absolute atomic E-state index is 12.1. The zero-order valence-corrected chi connectivity index (χ0v) is 10.5. The van der Waals surface area contributed by atoms with Gasteiger partial charge in [0.15, 0.2) is 5.78 Å². The molecule has 0 aliphatic carbocycles. The molecular formula is C14H12N2O4. The van der Waals surface area contributed by atoms with Crippen molar-refractivity contribution in [1.82, 2.24) is 4.98 Å². The Hall–Kier alpha value is -2.60. The van der Waals surface area contributed by atoms with Crippen molar-refractivity contribution < 1.29 is 14.8 Å². The zero-order chi connectivity index (χ0) is 14.5. The minimum absolute atomic E-state index is 0.00519. The van der Waals surface area contributed by atoms with Crippen molar-refractivity contribution in [2.45, 2.75) is 12.5 Å². The number of aliphatic hydroxyl groups excluding tert-OH is 1. The lowest BCUT2D eigenvalue weighted by Gasteiger charge is -2.09. The van der Waals surface area contributed by atoms with E-state index >= 15 is 0 Å². The number of carbonyl (C=O) groups is 1. The predicted octanol–water partition coefficient (Wildman–Crippen LogP) is 2.30. The summed E-state index contributed by atoms with van der Waals surface area (Å²) in [6.45, 7) is 0. The van der Waals surface area contributed by atoms with E-state index < -0.39 is 16.8 Å². The summed E-state index contributed by atoms with van der Waals surface area (Å²) in [7, 11) is 0. The van der Waals surface area contributed by atoms with E-state index in [4.69, 9.17) is 0 Å². The van der Waals surface area contributed by atoms with Gasteiger partial charge in [0, 0.05) is 24.9 Å². The third-order valence-corrected chi connectivity index (χ3v) is 2.87. The maximum atomic E-state index is 12.1. The number of nitro groups is 1. The third-order valence-electron chi connectivity index (χ3n) is 2.87. The van der Waals surface area contributed by atoms with Gasteiger partial charge in [-0.1, -0.05) is 12.1 Å². The van der Waals surface area contributed by atoms with Crippen LogP contribution in [0.5, 0.6) is 0 Å². The molecule has 0 aliphatic rings. The second-order valence-corrected chi connectivity index (χ2v) is 4.20. The molecule has 1 aromatic carbocycles. The second-order valence-electron chi connectivity index (χ2n) is 4.20. The van der Waals surface area contributed by atoms with E-state index in [1.54, 1.807) is 18.2 Å². The lowest BCUT2D eigenvalue weighted by Crippen LogP contribution is -2.09. The number of ketones is 1. The number of hydrogen-bond acceptors (Lipinski definition) is 5. The Bertz CT molecular complexity index is 628. The first-order chi connectivity index (χ1) is 9.59. The summed E-state index contributed by atoms with van der Waals surface area (Å²) in [6.07, 6.45) is 1.79. The number of Topliss-reactive ketones (excluding diaryl/α,β-unsaturated/α-hetero) is 1. The van der Waals surface area contributed by atoms with Crippen LogP contribution >= 0.6 is 0 Å². The first-order valence-corrected chi connectivity index (χ1v) is 5.94. The summed E-state index contributed by atoms with van der Waals surface area (Å²) in [5.74, 6) is -0.471.